The van der Waals surface area contributed by atoms with Crippen molar-refractivity contribution in [3.05, 3.63) is 35.4 Å². The molecule has 0 spiro atoms. The molecule has 4 nitrogen and oxygen atoms in total. The molecule has 0 radical (unpaired) electrons. The summed E-state index contributed by atoms with van der Waals surface area (Å²) >= 11 is 0. The number of nitrogens with one attached hydrogen (secondary N) is 1. The minimum atomic E-state index is -0.297. The topological polar surface area (TPSA) is 49.4 Å². The van der Waals surface area contributed by atoms with Crippen molar-refractivity contribution < 1.29 is 9.59 Å². The van der Waals surface area contributed by atoms with Crippen LogP contribution in [-0.4, -0.2) is 35.3 Å². The molecule has 0 unspecified atom stereocenters. The lowest BCUT2D eigenvalue weighted by atomic mass is 10.1. The molecule has 2 fully saturated rings. The summed E-state index contributed by atoms with van der Waals surface area (Å²) in [6.07, 6.45) is 6.22. The fraction of sp³-hybridized carbons (Fsp3) is 0.556. The Labute approximate surface area is 131 Å². The predicted octanol–water partition coefficient (Wildman–Crippen LogP) is 2.66. The summed E-state index contributed by atoms with van der Waals surface area (Å²) in [5.74, 6) is 0.00827. The Morgan fingerprint density at radius 1 is 1.05 bits per heavy atom. The number of nitrogens with zero attached hydrogens (tertiary/aromatic N) is 1. The third-order valence-corrected chi connectivity index (χ3v) is 4.82. The van der Waals surface area contributed by atoms with Crippen LogP contribution in [0.25, 0.3) is 0 Å². The standard InChI is InChI=1S/C18H24N2O2/c1-13-8-10-14(11-9-13)18(22)20-12-4-7-16(20)17(21)19-15-5-2-3-6-15/h8-11,15-16H,2-7,12H2,1H3,(H,19,21)/t16-/m0/s1. The van der Waals surface area contributed by atoms with E-state index in [1.807, 2.05) is 31.2 Å². The molecule has 4 heteroatoms. The average Bonchev–Trinajstić information content (AvgIpc) is 3.18. The molecule has 1 atom stereocenters. The first kappa shape index (κ1) is 15.1. The largest absolute Gasteiger partial charge is 0.352 e. The molecule has 1 aromatic carbocycles. The Morgan fingerprint density at radius 3 is 2.41 bits per heavy atom. The van der Waals surface area contributed by atoms with Crippen molar-refractivity contribution in [1.29, 1.82) is 0 Å². The number of hydrogen-bond donors (Lipinski definition) is 1. The monoisotopic (exact) mass is 300 g/mol. The molecule has 0 bridgehead atoms. The quantitative estimate of drug-likeness (QED) is 0.933. The van der Waals surface area contributed by atoms with Crippen molar-refractivity contribution in [2.75, 3.05) is 6.54 Å². The highest BCUT2D eigenvalue weighted by Crippen LogP contribution is 2.23. The van der Waals surface area contributed by atoms with Crippen molar-refractivity contribution in [3.63, 3.8) is 0 Å². The van der Waals surface area contributed by atoms with E-state index in [2.05, 4.69) is 5.32 Å². The van der Waals surface area contributed by atoms with Crippen LogP contribution in [0.5, 0.6) is 0 Å². The fourth-order valence-corrected chi connectivity index (χ4v) is 3.51. The summed E-state index contributed by atoms with van der Waals surface area (Å²) in [7, 11) is 0. The van der Waals surface area contributed by atoms with E-state index in [1.54, 1.807) is 4.90 Å². The smallest absolute Gasteiger partial charge is 0.254 e. The number of rotatable bonds is 3. The van der Waals surface area contributed by atoms with Crippen molar-refractivity contribution >= 4 is 11.8 Å². The number of carbonyl (C=O) groups excluding carboxylic acids is 2. The molecular weight excluding hydrogens is 276 g/mol. The second-order valence-corrected chi connectivity index (χ2v) is 6.51. The lowest BCUT2D eigenvalue weighted by Gasteiger charge is -2.25. The summed E-state index contributed by atoms with van der Waals surface area (Å²) in [4.78, 5) is 26.9. The Bertz CT molecular complexity index is 547. The van der Waals surface area contributed by atoms with Gasteiger partial charge in [-0.05, 0) is 44.7 Å². The number of aryl methyl sites for hydroxylation is 1. The first-order valence-corrected chi connectivity index (χ1v) is 8.33. The van der Waals surface area contributed by atoms with E-state index in [0.29, 0.717) is 18.2 Å². The second-order valence-electron chi connectivity index (χ2n) is 6.51. The van der Waals surface area contributed by atoms with Gasteiger partial charge in [-0.25, -0.2) is 0 Å². The first-order valence-electron chi connectivity index (χ1n) is 8.33. The zero-order valence-corrected chi connectivity index (χ0v) is 13.2. The number of amides is 2. The number of hydrogen-bond acceptors (Lipinski definition) is 2. The molecular formula is C18H24N2O2. The lowest BCUT2D eigenvalue weighted by Crippen LogP contribution is -2.48. The van der Waals surface area contributed by atoms with Crippen molar-refractivity contribution in [1.82, 2.24) is 10.2 Å². The van der Waals surface area contributed by atoms with Gasteiger partial charge in [-0.2, -0.15) is 0 Å². The number of carbonyl (C=O) groups is 2. The molecule has 1 heterocycles. The lowest BCUT2D eigenvalue weighted by molar-refractivity contribution is -0.125. The molecule has 22 heavy (non-hydrogen) atoms. The zero-order chi connectivity index (χ0) is 15.5. The molecule has 3 rings (SSSR count). The molecule has 1 aliphatic heterocycles. The van der Waals surface area contributed by atoms with Gasteiger partial charge in [-0.15, -0.1) is 0 Å². The van der Waals surface area contributed by atoms with Crippen LogP contribution >= 0.6 is 0 Å². The van der Waals surface area contributed by atoms with E-state index in [4.69, 9.17) is 0 Å². The first-order chi connectivity index (χ1) is 10.6. The molecule has 2 aliphatic rings. The van der Waals surface area contributed by atoms with E-state index in [1.165, 1.54) is 12.8 Å². The van der Waals surface area contributed by atoms with E-state index in [-0.39, 0.29) is 17.9 Å². The third-order valence-electron chi connectivity index (χ3n) is 4.82. The molecule has 118 valence electrons. The van der Waals surface area contributed by atoms with Gasteiger partial charge in [0.2, 0.25) is 5.91 Å². The Morgan fingerprint density at radius 2 is 1.73 bits per heavy atom. The van der Waals surface area contributed by atoms with Gasteiger partial charge in [0.05, 0.1) is 0 Å². The molecule has 1 aromatic rings. The highest BCUT2D eigenvalue weighted by Gasteiger charge is 2.35. The van der Waals surface area contributed by atoms with E-state index >= 15 is 0 Å². The van der Waals surface area contributed by atoms with Crippen LogP contribution in [0.3, 0.4) is 0 Å². The summed E-state index contributed by atoms with van der Waals surface area (Å²) < 4.78 is 0. The highest BCUT2D eigenvalue weighted by molar-refractivity contribution is 5.98. The Balaban J connectivity index is 1.67. The summed E-state index contributed by atoms with van der Waals surface area (Å²) in [6.45, 7) is 2.68. The molecule has 1 saturated carbocycles. The summed E-state index contributed by atoms with van der Waals surface area (Å²) in [6, 6.07) is 7.59. The van der Waals surface area contributed by atoms with Crippen LogP contribution in [0, 0.1) is 6.92 Å². The SMILES string of the molecule is Cc1ccc(C(=O)N2CCC[C@H]2C(=O)NC2CCCC2)cc1. The van der Waals surface area contributed by atoms with Crippen LogP contribution in [-0.2, 0) is 4.79 Å². The van der Waals surface area contributed by atoms with E-state index in [0.717, 1.165) is 31.2 Å². The van der Waals surface area contributed by atoms with Gasteiger partial charge >= 0.3 is 0 Å². The third kappa shape index (κ3) is 3.16. The second kappa shape index (κ2) is 6.51. The van der Waals surface area contributed by atoms with Crippen molar-refractivity contribution in [3.8, 4) is 0 Å². The maximum atomic E-state index is 12.7. The number of benzene rings is 1. The molecule has 1 N–H and O–H groups in total. The molecule has 1 aliphatic carbocycles. The maximum Gasteiger partial charge on any atom is 0.254 e. The highest BCUT2D eigenvalue weighted by atomic mass is 16.2. The minimum Gasteiger partial charge on any atom is -0.352 e. The van der Waals surface area contributed by atoms with Gasteiger partial charge in [-0.3, -0.25) is 9.59 Å². The van der Waals surface area contributed by atoms with Gasteiger partial charge < -0.3 is 10.2 Å². The number of likely N-dealkylation sites (tertiary alicyclic amines) is 1. The Kier molecular flexibility index (Phi) is 4.46. The summed E-state index contributed by atoms with van der Waals surface area (Å²) in [5, 5.41) is 3.13. The van der Waals surface area contributed by atoms with Gasteiger partial charge in [0.25, 0.3) is 5.91 Å². The summed E-state index contributed by atoms with van der Waals surface area (Å²) in [5.41, 5.74) is 1.81. The van der Waals surface area contributed by atoms with E-state index < -0.39 is 0 Å². The van der Waals surface area contributed by atoms with Crippen LogP contribution in [0.2, 0.25) is 0 Å². The van der Waals surface area contributed by atoms with Gasteiger partial charge in [-0.1, -0.05) is 30.5 Å². The minimum absolute atomic E-state index is 0.0240. The average molecular weight is 300 g/mol. The van der Waals surface area contributed by atoms with Gasteiger partial charge in [0.15, 0.2) is 0 Å². The van der Waals surface area contributed by atoms with Crippen LogP contribution in [0.1, 0.15) is 54.4 Å². The van der Waals surface area contributed by atoms with Crippen LogP contribution < -0.4 is 5.32 Å². The molecule has 0 aromatic heterocycles. The van der Waals surface area contributed by atoms with E-state index in [9.17, 15) is 9.59 Å². The van der Waals surface area contributed by atoms with Gasteiger partial charge in [0, 0.05) is 18.2 Å². The van der Waals surface area contributed by atoms with Crippen LogP contribution in [0.4, 0.5) is 0 Å². The van der Waals surface area contributed by atoms with Crippen LogP contribution in [0.15, 0.2) is 24.3 Å². The fourth-order valence-electron chi connectivity index (χ4n) is 3.51. The zero-order valence-electron chi connectivity index (χ0n) is 13.2. The van der Waals surface area contributed by atoms with Crippen molar-refractivity contribution in [2.24, 2.45) is 0 Å². The Hall–Kier alpha value is -1.84. The van der Waals surface area contributed by atoms with Crippen molar-refractivity contribution in [2.45, 2.75) is 57.5 Å². The van der Waals surface area contributed by atoms with Gasteiger partial charge in [0.1, 0.15) is 6.04 Å². The predicted molar refractivity (Wildman–Crippen MR) is 85.6 cm³/mol. The molecule has 1 saturated heterocycles. The normalized spacial score (nSPS) is 22.0. The molecule has 2 amide bonds. The maximum absolute atomic E-state index is 12.7.